The van der Waals surface area contributed by atoms with E-state index in [2.05, 4.69) is 21.8 Å². The summed E-state index contributed by atoms with van der Waals surface area (Å²) in [6.07, 6.45) is 1.37. The van der Waals surface area contributed by atoms with Crippen LogP contribution in [0.4, 0.5) is 11.5 Å². The molecule has 2 aromatic carbocycles. The number of aliphatic hydroxyl groups is 1. The van der Waals surface area contributed by atoms with E-state index >= 15 is 0 Å². The van der Waals surface area contributed by atoms with Crippen LogP contribution in [-0.4, -0.2) is 27.9 Å². The van der Waals surface area contributed by atoms with Gasteiger partial charge < -0.3 is 20.5 Å². The summed E-state index contributed by atoms with van der Waals surface area (Å²) in [4.78, 5) is 13.4. The second-order valence-corrected chi connectivity index (χ2v) is 7.22. The van der Waals surface area contributed by atoms with Gasteiger partial charge in [0, 0.05) is 0 Å². The first-order chi connectivity index (χ1) is 14.5. The van der Waals surface area contributed by atoms with Gasteiger partial charge in [-0.1, -0.05) is 42.5 Å². The second kappa shape index (κ2) is 7.54. The molecule has 0 spiro atoms. The number of methoxy groups -OCH3 is 1. The summed E-state index contributed by atoms with van der Waals surface area (Å²) in [5.74, 6) is -0.482. The van der Waals surface area contributed by atoms with Crippen molar-refractivity contribution in [3.63, 3.8) is 0 Å². The molecule has 3 unspecified atom stereocenters. The standard InChI is InChI=1S/C22H21N5O3/c1-22(29)18(21(28)25-16-10-6-7-11-17(16)30-2)19(14-8-4-3-5-9-14)26-20-15(12-23)13-24-27(20)22/h3-11,13,18-19,26,29H,1-2H3,(H,25,28). The Bertz CT molecular complexity index is 1120. The average molecular weight is 403 g/mol. The van der Waals surface area contributed by atoms with E-state index in [1.165, 1.54) is 24.9 Å². The maximum absolute atomic E-state index is 13.4. The van der Waals surface area contributed by atoms with E-state index in [4.69, 9.17) is 4.74 Å². The summed E-state index contributed by atoms with van der Waals surface area (Å²) in [5, 5.41) is 31.1. The predicted octanol–water partition coefficient (Wildman–Crippen LogP) is 2.85. The third-order valence-corrected chi connectivity index (χ3v) is 5.34. The highest BCUT2D eigenvalue weighted by atomic mass is 16.5. The Kier molecular flexibility index (Phi) is 4.90. The fourth-order valence-corrected chi connectivity index (χ4v) is 3.88. The Morgan fingerprint density at radius 2 is 1.97 bits per heavy atom. The Hall–Kier alpha value is -3.83. The number of ether oxygens (including phenoxy) is 1. The third kappa shape index (κ3) is 3.15. The third-order valence-electron chi connectivity index (χ3n) is 5.34. The molecule has 3 aromatic rings. The number of carbonyl (C=O) groups excluding carboxylic acids is 1. The normalized spacial score (nSPS) is 22.3. The first-order valence-corrected chi connectivity index (χ1v) is 9.43. The van der Waals surface area contributed by atoms with Crippen molar-refractivity contribution < 1.29 is 14.6 Å². The summed E-state index contributed by atoms with van der Waals surface area (Å²) < 4.78 is 6.61. The van der Waals surface area contributed by atoms with E-state index in [0.717, 1.165) is 5.56 Å². The van der Waals surface area contributed by atoms with Crippen LogP contribution in [0.15, 0.2) is 60.8 Å². The molecule has 4 rings (SSSR count). The number of para-hydroxylation sites is 2. The molecule has 0 saturated carbocycles. The van der Waals surface area contributed by atoms with Gasteiger partial charge in [0.2, 0.25) is 5.91 Å². The van der Waals surface area contributed by atoms with Gasteiger partial charge in [0.25, 0.3) is 0 Å². The highest BCUT2D eigenvalue weighted by molar-refractivity contribution is 5.95. The van der Waals surface area contributed by atoms with Crippen molar-refractivity contribution in [2.45, 2.75) is 18.7 Å². The molecule has 8 nitrogen and oxygen atoms in total. The number of aromatic nitrogens is 2. The van der Waals surface area contributed by atoms with Gasteiger partial charge in [0.05, 0.1) is 25.0 Å². The zero-order valence-electron chi connectivity index (χ0n) is 16.5. The Morgan fingerprint density at radius 3 is 2.67 bits per heavy atom. The minimum Gasteiger partial charge on any atom is -0.495 e. The Morgan fingerprint density at radius 1 is 1.27 bits per heavy atom. The number of amides is 1. The molecule has 8 heteroatoms. The minimum atomic E-state index is -1.69. The van der Waals surface area contributed by atoms with Crippen LogP contribution in [0, 0.1) is 17.2 Å². The lowest BCUT2D eigenvalue weighted by Gasteiger charge is -2.43. The van der Waals surface area contributed by atoms with Crippen LogP contribution in [0.25, 0.3) is 0 Å². The molecule has 3 N–H and O–H groups in total. The van der Waals surface area contributed by atoms with Crippen molar-refractivity contribution in [2.24, 2.45) is 5.92 Å². The van der Waals surface area contributed by atoms with Crippen molar-refractivity contribution in [3.05, 3.63) is 71.9 Å². The molecule has 0 saturated heterocycles. The van der Waals surface area contributed by atoms with Gasteiger partial charge in [-0.3, -0.25) is 4.79 Å². The van der Waals surface area contributed by atoms with Gasteiger partial charge in [-0.15, -0.1) is 0 Å². The predicted molar refractivity (Wildman–Crippen MR) is 111 cm³/mol. The number of anilines is 2. The van der Waals surface area contributed by atoms with Crippen LogP contribution < -0.4 is 15.4 Å². The number of nitriles is 1. The summed E-state index contributed by atoms with van der Waals surface area (Å²) in [6.45, 7) is 1.52. The fourth-order valence-electron chi connectivity index (χ4n) is 3.88. The largest absolute Gasteiger partial charge is 0.495 e. The van der Waals surface area contributed by atoms with E-state index in [0.29, 0.717) is 22.8 Å². The molecular formula is C22H21N5O3. The fraction of sp³-hybridized carbons (Fsp3) is 0.227. The highest BCUT2D eigenvalue weighted by Crippen LogP contribution is 2.44. The number of fused-ring (bicyclic) bond motifs is 1. The second-order valence-electron chi connectivity index (χ2n) is 7.22. The minimum absolute atomic E-state index is 0.291. The van der Waals surface area contributed by atoms with E-state index in [1.807, 2.05) is 30.3 Å². The molecule has 0 radical (unpaired) electrons. The molecule has 1 amide bonds. The van der Waals surface area contributed by atoms with E-state index in [-0.39, 0.29) is 0 Å². The molecule has 0 fully saturated rings. The van der Waals surface area contributed by atoms with Crippen LogP contribution in [0.3, 0.4) is 0 Å². The van der Waals surface area contributed by atoms with Gasteiger partial charge in [-0.2, -0.15) is 10.4 Å². The van der Waals surface area contributed by atoms with Gasteiger partial charge in [-0.25, -0.2) is 4.68 Å². The number of benzene rings is 2. The lowest BCUT2D eigenvalue weighted by molar-refractivity contribution is -0.143. The number of hydrogen-bond acceptors (Lipinski definition) is 6. The van der Waals surface area contributed by atoms with Gasteiger partial charge in [0.15, 0.2) is 5.72 Å². The lowest BCUT2D eigenvalue weighted by atomic mass is 9.82. The molecule has 0 aliphatic carbocycles. The summed E-state index contributed by atoms with van der Waals surface area (Å²) in [7, 11) is 1.52. The number of nitrogens with one attached hydrogen (secondary N) is 2. The van der Waals surface area contributed by atoms with Crippen LogP contribution in [-0.2, 0) is 10.5 Å². The molecule has 0 bridgehead atoms. The number of nitrogens with zero attached hydrogens (tertiary/aromatic N) is 3. The maximum Gasteiger partial charge on any atom is 0.234 e. The van der Waals surface area contributed by atoms with E-state index < -0.39 is 23.6 Å². The van der Waals surface area contributed by atoms with Crippen molar-refractivity contribution in [2.75, 3.05) is 17.7 Å². The van der Waals surface area contributed by atoms with Crippen molar-refractivity contribution in [3.8, 4) is 11.8 Å². The molecule has 30 heavy (non-hydrogen) atoms. The van der Waals surface area contributed by atoms with Crippen LogP contribution in [0.2, 0.25) is 0 Å². The maximum atomic E-state index is 13.4. The molecule has 1 aliphatic rings. The van der Waals surface area contributed by atoms with Crippen LogP contribution >= 0.6 is 0 Å². The van der Waals surface area contributed by atoms with Gasteiger partial charge >= 0.3 is 0 Å². The summed E-state index contributed by atoms with van der Waals surface area (Å²) in [6, 6.07) is 17.9. The molecular weight excluding hydrogens is 382 g/mol. The molecule has 1 aliphatic heterocycles. The Balaban J connectivity index is 1.80. The zero-order chi connectivity index (χ0) is 21.3. The van der Waals surface area contributed by atoms with Crippen molar-refractivity contribution in [1.29, 1.82) is 5.26 Å². The molecule has 3 atom stereocenters. The van der Waals surface area contributed by atoms with Gasteiger partial charge in [-0.05, 0) is 24.6 Å². The van der Waals surface area contributed by atoms with E-state index in [9.17, 15) is 15.2 Å². The van der Waals surface area contributed by atoms with Crippen LogP contribution in [0.5, 0.6) is 5.75 Å². The summed E-state index contributed by atoms with van der Waals surface area (Å²) >= 11 is 0. The first kappa shape index (κ1) is 19.5. The topological polar surface area (TPSA) is 112 Å². The zero-order valence-corrected chi connectivity index (χ0v) is 16.5. The first-order valence-electron chi connectivity index (χ1n) is 9.43. The van der Waals surface area contributed by atoms with E-state index in [1.54, 1.807) is 24.3 Å². The monoisotopic (exact) mass is 403 g/mol. The molecule has 2 heterocycles. The molecule has 1 aromatic heterocycles. The number of rotatable bonds is 4. The smallest absolute Gasteiger partial charge is 0.234 e. The highest BCUT2D eigenvalue weighted by Gasteiger charge is 2.50. The molecule has 152 valence electrons. The average Bonchev–Trinajstić information content (AvgIpc) is 3.18. The number of carbonyl (C=O) groups is 1. The quantitative estimate of drug-likeness (QED) is 0.618. The number of hydrogen-bond donors (Lipinski definition) is 3. The lowest BCUT2D eigenvalue weighted by Crippen LogP contribution is -2.53. The summed E-state index contributed by atoms with van der Waals surface area (Å²) in [5.41, 5.74) is -0.104. The SMILES string of the molecule is COc1ccccc1NC(=O)C1C(c2ccccc2)Nc2c(C#N)cnn2C1(C)O. The van der Waals surface area contributed by atoms with Crippen molar-refractivity contribution in [1.82, 2.24) is 9.78 Å². The van der Waals surface area contributed by atoms with Gasteiger partial charge in [0.1, 0.15) is 29.1 Å². The van der Waals surface area contributed by atoms with Crippen molar-refractivity contribution >= 4 is 17.4 Å². The Labute approximate surface area is 173 Å². The van der Waals surface area contributed by atoms with Crippen LogP contribution in [0.1, 0.15) is 24.1 Å².